The zero-order valence-electron chi connectivity index (χ0n) is 19.1. The smallest absolute Gasteiger partial charge is 0.225 e. The van der Waals surface area contributed by atoms with Crippen LogP contribution in [-0.4, -0.2) is 95.9 Å². The number of carbonyl (C=O) groups excluding carboxylic acids is 2. The molecule has 1 atom stereocenters. The topological polar surface area (TPSA) is 47.1 Å². The minimum atomic E-state index is 0.153. The molecule has 2 aliphatic carbocycles. The van der Waals surface area contributed by atoms with E-state index in [2.05, 4.69) is 16.8 Å². The number of hydrogen-bond donors (Lipinski definition) is 0. The Kier molecular flexibility index (Phi) is 7.97. The highest BCUT2D eigenvalue weighted by Crippen LogP contribution is 2.30. The lowest BCUT2D eigenvalue weighted by Crippen LogP contribution is -2.54. The Morgan fingerprint density at radius 3 is 2.03 bits per heavy atom. The Bertz CT molecular complexity index is 551. The maximum absolute atomic E-state index is 11.8. The molecule has 0 bridgehead atoms. The van der Waals surface area contributed by atoms with Gasteiger partial charge in [-0.05, 0) is 39.2 Å². The van der Waals surface area contributed by atoms with Crippen molar-refractivity contribution >= 4 is 11.8 Å². The van der Waals surface area contributed by atoms with E-state index in [1.807, 2.05) is 30.6 Å². The molecule has 166 valence electrons. The second kappa shape index (κ2) is 10.3. The van der Waals surface area contributed by atoms with Crippen LogP contribution in [0, 0.1) is 5.92 Å². The second-order valence-electron chi connectivity index (χ2n) is 9.63. The van der Waals surface area contributed by atoms with E-state index < -0.39 is 0 Å². The Hall–Kier alpha value is -1.14. The number of rotatable bonds is 5. The molecule has 4 aliphatic rings. The molecular weight excluding hydrogens is 364 g/mol. The van der Waals surface area contributed by atoms with E-state index in [9.17, 15) is 9.59 Å². The Labute approximate surface area is 177 Å². The van der Waals surface area contributed by atoms with Gasteiger partial charge in [-0.15, -0.1) is 0 Å². The predicted molar refractivity (Wildman–Crippen MR) is 117 cm³/mol. The molecule has 4 rings (SSSR count). The molecule has 2 saturated heterocycles. The fraction of sp³-hybridized carbons (Fsp3) is 0.913. The van der Waals surface area contributed by atoms with E-state index in [0.29, 0.717) is 24.3 Å². The summed E-state index contributed by atoms with van der Waals surface area (Å²) in [5.41, 5.74) is 0. The summed E-state index contributed by atoms with van der Waals surface area (Å²) in [6, 6.07) is 2.27. The molecule has 4 fully saturated rings. The fourth-order valence-electron chi connectivity index (χ4n) is 4.73. The summed E-state index contributed by atoms with van der Waals surface area (Å²) in [6.45, 7) is 11.9. The van der Waals surface area contributed by atoms with Crippen molar-refractivity contribution in [2.24, 2.45) is 5.92 Å². The monoisotopic (exact) mass is 406 g/mol. The van der Waals surface area contributed by atoms with Crippen molar-refractivity contribution in [1.82, 2.24) is 19.6 Å². The third-order valence-electron chi connectivity index (χ3n) is 7.23. The van der Waals surface area contributed by atoms with Gasteiger partial charge in [-0.1, -0.05) is 27.2 Å². The molecule has 2 saturated carbocycles. The summed E-state index contributed by atoms with van der Waals surface area (Å²) < 4.78 is 0. The number of carbonyl (C=O) groups is 2. The van der Waals surface area contributed by atoms with Gasteiger partial charge in [0.2, 0.25) is 11.8 Å². The Morgan fingerprint density at radius 2 is 1.55 bits per heavy atom. The van der Waals surface area contributed by atoms with E-state index >= 15 is 0 Å². The number of hydrogen-bond acceptors (Lipinski definition) is 4. The van der Waals surface area contributed by atoms with Crippen LogP contribution in [0.1, 0.15) is 65.7 Å². The molecule has 0 N–H and O–H groups in total. The molecule has 2 aliphatic heterocycles. The normalized spacial score (nSPS) is 25.8. The molecule has 1 unspecified atom stereocenters. The van der Waals surface area contributed by atoms with Gasteiger partial charge in [0, 0.05) is 69.7 Å². The van der Waals surface area contributed by atoms with Crippen molar-refractivity contribution in [3.05, 3.63) is 0 Å². The second-order valence-corrected chi connectivity index (χ2v) is 9.63. The third-order valence-corrected chi connectivity index (χ3v) is 7.23. The van der Waals surface area contributed by atoms with Gasteiger partial charge in [0.15, 0.2) is 0 Å². The van der Waals surface area contributed by atoms with Crippen LogP contribution in [-0.2, 0) is 9.59 Å². The quantitative estimate of drug-likeness (QED) is 0.704. The number of likely N-dealkylation sites (tertiary alicyclic amines) is 1. The van der Waals surface area contributed by atoms with Gasteiger partial charge in [0.05, 0.1) is 0 Å². The van der Waals surface area contributed by atoms with Crippen molar-refractivity contribution in [3.63, 3.8) is 0 Å². The summed E-state index contributed by atoms with van der Waals surface area (Å²) in [4.78, 5) is 32.3. The maximum Gasteiger partial charge on any atom is 0.225 e. The summed E-state index contributed by atoms with van der Waals surface area (Å²) in [5, 5.41) is 0. The van der Waals surface area contributed by atoms with Crippen LogP contribution >= 0.6 is 0 Å². The molecular formula is C23H42N4O2. The SMILES string of the molecule is CC(C)C(=O)N1CCN(C2CCC2)CC1.CCC(=O)N1CCC(N(C)C2CC2)C1. The van der Waals surface area contributed by atoms with Crippen molar-refractivity contribution in [2.45, 2.75) is 83.8 Å². The predicted octanol–water partition coefficient (Wildman–Crippen LogP) is 2.43. The molecule has 2 heterocycles. The zero-order chi connectivity index (χ0) is 21.0. The highest BCUT2D eigenvalue weighted by Gasteiger charge is 2.35. The lowest BCUT2D eigenvalue weighted by atomic mass is 9.91. The maximum atomic E-state index is 11.8. The standard InChI is InChI=1S/C12H22N2O.C11H20N2O/c1-10(2)12(15)14-8-6-13(7-9-14)11-4-3-5-11;1-3-11(14)13-7-6-10(8-13)12(2)9-4-5-9/h10-11H,3-9H2,1-2H3;9-10H,3-8H2,1-2H3. The van der Waals surface area contributed by atoms with E-state index in [1.165, 1.54) is 38.5 Å². The van der Waals surface area contributed by atoms with Crippen molar-refractivity contribution in [1.29, 1.82) is 0 Å². The van der Waals surface area contributed by atoms with Crippen molar-refractivity contribution in [3.8, 4) is 0 Å². The largest absolute Gasteiger partial charge is 0.341 e. The van der Waals surface area contributed by atoms with Crippen molar-refractivity contribution < 1.29 is 9.59 Å². The van der Waals surface area contributed by atoms with E-state index in [0.717, 1.165) is 51.4 Å². The van der Waals surface area contributed by atoms with Gasteiger partial charge in [-0.2, -0.15) is 0 Å². The minimum absolute atomic E-state index is 0.153. The summed E-state index contributed by atoms with van der Waals surface area (Å²) in [5.74, 6) is 0.792. The van der Waals surface area contributed by atoms with Crippen LogP contribution < -0.4 is 0 Å². The average Bonchev–Trinajstić information content (AvgIpc) is 3.42. The van der Waals surface area contributed by atoms with Gasteiger partial charge in [-0.3, -0.25) is 19.4 Å². The highest BCUT2D eigenvalue weighted by atomic mass is 16.2. The Morgan fingerprint density at radius 1 is 0.897 bits per heavy atom. The number of nitrogens with zero attached hydrogens (tertiary/aromatic N) is 4. The molecule has 0 radical (unpaired) electrons. The third kappa shape index (κ3) is 5.94. The number of amides is 2. The molecule has 0 spiro atoms. The van der Waals surface area contributed by atoms with E-state index in [1.54, 1.807) is 0 Å². The first kappa shape index (κ1) is 22.5. The van der Waals surface area contributed by atoms with Crippen LogP contribution in [0.2, 0.25) is 0 Å². The van der Waals surface area contributed by atoms with E-state index in [-0.39, 0.29) is 5.92 Å². The van der Waals surface area contributed by atoms with Gasteiger partial charge >= 0.3 is 0 Å². The minimum Gasteiger partial charge on any atom is -0.341 e. The van der Waals surface area contributed by atoms with E-state index in [4.69, 9.17) is 0 Å². The average molecular weight is 407 g/mol. The van der Waals surface area contributed by atoms with Crippen LogP contribution in [0.15, 0.2) is 0 Å². The summed E-state index contributed by atoms with van der Waals surface area (Å²) in [7, 11) is 2.21. The molecule has 2 amide bonds. The first-order valence-electron chi connectivity index (χ1n) is 11.9. The van der Waals surface area contributed by atoms with Gasteiger partial charge in [0.25, 0.3) is 0 Å². The van der Waals surface area contributed by atoms with Gasteiger partial charge in [-0.25, -0.2) is 0 Å². The number of piperazine rings is 1. The lowest BCUT2D eigenvalue weighted by molar-refractivity contribution is -0.136. The van der Waals surface area contributed by atoms with Crippen LogP contribution in [0.4, 0.5) is 0 Å². The first-order valence-corrected chi connectivity index (χ1v) is 11.9. The fourth-order valence-corrected chi connectivity index (χ4v) is 4.73. The van der Waals surface area contributed by atoms with Crippen LogP contribution in [0.25, 0.3) is 0 Å². The number of likely N-dealkylation sites (N-methyl/N-ethyl adjacent to an activating group) is 1. The molecule has 6 heteroatoms. The highest BCUT2D eigenvalue weighted by molar-refractivity contribution is 5.78. The molecule has 6 nitrogen and oxygen atoms in total. The molecule has 0 aromatic heterocycles. The van der Waals surface area contributed by atoms with Crippen LogP contribution in [0.5, 0.6) is 0 Å². The first-order chi connectivity index (χ1) is 13.9. The van der Waals surface area contributed by atoms with Crippen molar-refractivity contribution in [2.75, 3.05) is 46.3 Å². The van der Waals surface area contributed by atoms with Gasteiger partial charge in [0.1, 0.15) is 0 Å². The van der Waals surface area contributed by atoms with Gasteiger partial charge < -0.3 is 9.80 Å². The zero-order valence-corrected chi connectivity index (χ0v) is 19.1. The molecule has 0 aromatic carbocycles. The summed E-state index contributed by atoms with van der Waals surface area (Å²) >= 11 is 0. The molecule has 29 heavy (non-hydrogen) atoms. The summed E-state index contributed by atoms with van der Waals surface area (Å²) in [6.07, 6.45) is 8.67. The Balaban J connectivity index is 0.000000166. The molecule has 0 aromatic rings. The van der Waals surface area contributed by atoms with Crippen LogP contribution in [0.3, 0.4) is 0 Å². The lowest BCUT2D eigenvalue weighted by Gasteiger charge is -2.43.